The molecule has 50 heavy (non-hydrogen) atoms. The third-order valence-corrected chi connectivity index (χ3v) is 7.72. The zero-order valence-corrected chi connectivity index (χ0v) is 27.4. The standard InChI is InChI=1S/C26H36N12O12/c1-11(39)43-19-8-18(20(9-31-35-27)49-25(19)47-17-6-5-15(33-37-29)7-16(17)34-38-30)48-26-24(46-14(4)42)23(45-13(3)41)22(44-12(2)40)21(50-26)10-32-36-28/h15-26H,5-10H2,1-4H3/t15-,16-,17-,18-,19+,20+,21+,22+,23-,24+,25-,26-/m0/s1. The summed E-state index contributed by atoms with van der Waals surface area (Å²) < 4.78 is 46.3. The maximum absolute atomic E-state index is 12.2. The van der Waals surface area contributed by atoms with Gasteiger partial charge in [0.15, 0.2) is 37.0 Å². The summed E-state index contributed by atoms with van der Waals surface area (Å²) in [6.07, 6.45) is -12.2. The van der Waals surface area contributed by atoms with Crippen molar-refractivity contribution in [2.24, 2.45) is 20.5 Å². The number of azide groups is 4. The molecule has 0 aromatic heterocycles. The lowest BCUT2D eigenvalue weighted by molar-refractivity contribution is -0.341. The molecule has 0 aromatic carbocycles. The number of hydrogen-bond acceptors (Lipinski definition) is 16. The minimum absolute atomic E-state index is 0.184. The molecule has 3 fully saturated rings. The third-order valence-electron chi connectivity index (χ3n) is 7.72. The fourth-order valence-electron chi connectivity index (χ4n) is 5.89. The lowest BCUT2D eigenvalue weighted by Gasteiger charge is -2.47. The Morgan fingerprint density at radius 2 is 1.14 bits per heavy atom. The maximum Gasteiger partial charge on any atom is 0.303 e. The van der Waals surface area contributed by atoms with Gasteiger partial charge < -0.3 is 37.9 Å². The van der Waals surface area contributed by atoms with Crippen LogP contribution in [0.4, 0.5) is 0 Å². The highest BCUT2D eigenvalue weighted by molar-refractivity contribution is 5.68. The molecular weight excluding hydrogens is 672 g/mol. The summed E-state index contributed by atoms with van der Waals surface area (Å²) in [6, 6.07) is -1.21. The van der Waals surface area contributed by atoms with Gasteiger partial charge in [-0.25, -0.2) is 0 Å². The summed E-state index contributed by atoms with van der Waals surface area (Å²) in [6.45, 7) is 3.55. The highest BCUT2D eigenvalue weighted by atomic mass is 16.8. The monoisotopic (exact) mass is 708 g/mol. The lowest BCUT2D eigenvalue weighted by Crippen LogP contribution is -2.64. The van der Waals surface area contributed by atoms with Crippen molar-refractivity contribution in [3.05, 3.63) is 41.8 Å². The number of rotatable bonds is 14. The van der Waals surface area contributed by atoms with E-state index in [1.54, 1.807) is 0 Å². The first-order chi connectivity index (χ1) is 23.9. The minimum Gasteiger partial charge on any atom is -0.457 e. The van der Waals surface area contributed by atoms with Gasteiger partial charge in [0.1, 0.15) is 6.10 Å². The van der Waals surface area contributed by atoms with Crippen molar-refractivity contribution in [1.82, 2.24) is 0 Å². The first-order valence-electron chi connectivity index (χ1n) is 15.3. The van der Waals surface area contributed by atoms with E-state index in [1.807, 2.05) is 0 Å². The van der Waals surface area contributed by atoms with E-state index >= 15 is 0 Å². The van der Waals surface area contributed by atoms with Gasteiger partial charge >= 0.3 is 23.9 Å². The van der Waals surface area contributed by atoms with Crippen molar-refractivity contribution in [1.29, 1.82) is 0 Å². The van der Waals surface area contributed by atoms with Crippen LogP contribution in [0.2, 0.25) is 0 Å². The molecule has 2 heterocycles. The first-order valence-corrected chi connectivity index (χ1v) is 15.3. The Hall–Kier alpha value is -5.04. The van der Waals surface area contributed by atoms with Crippen LogP contribution in [0.1, 0.15) is 53.4 Å². The fraction of sp³-hybridized carbons (Fsp3) is 0.846. The van der Waals surface area contributed by atoms with Crippen molar-refractivity contribution in [2.75, 3.05) is 13.1 Å². The number of esters is 4. The normalized spacial score (nSPS) is 33.4. The molecule has 272 valence electrons. The zero-order valence-electron chi connectivity index (χ0n) is 27.4. The molecule has 2 saturated heterocycles. The van der Waals surface area contributed by atoms with Crippen LogP contribution in [0, 0.1) is 0 Å². The maximum atomic E-state index is 12.2. The van der Waals surface area contributed by atoms with Crippen LogP contribution in [0.15, 0.2) is 20.5 Å². The predicted molar refractivity (Wildman–Crippen MR) is 162 cm³/mol. The van der Waals surface area contributed by atoms with Crippen molar-refractivity contribution in [2.45, 2.75) is 127 Å². The highest BCUT2D eigenvalue weighted by Crippen LogP contribution is 2.36. The van der Waals surface area contributed by atoms with E-state index < -0.39 is 104 Å². The summed E-state index contributed by atoms with van der Waals surface area (Å²) >= 11 is 0. The van der Waals surface area contributed by atoms with Crippen LogP contribution < -0.4 is 0 Å². The number of hydrogen-bond donors (Lipinski definition) is 0. The van der Waals surface area contributed by atoms with Crippen molar-refractivity contribution in [3.63, 3.8) is 0 Å². The largest absolute Gasteiger partial charge is 0.457 e. The summed E-state index contributed by atoms with van der Waals surface area (Å²) in [4.78, 5) is 59.8. The van der Waals surface area contributed by atoms with Gasteiger partial charge in [-0.05, 0) is 41.4 Å². The molecule has 0 spiro atoms. The second-order valence-corrected chi connectivity index (χ2v) is 11.3. The summed E-state index contributed by atoms with van der Waals surface area (Å²) in [5, 5.41) is 14.6. The summed E-state index contributed by atoms with van der Waals surface area (Å²) in [5.74, 6) is -3.25. The summed E-state index contributed by atoms with van der Waals surface area (Å²) in [7, 11) is 0. The van der Waals surface area contributed by atoms with Crippen LogP contribution in [0.5, 0.6) is 0 Å². The van der Waals surface area contributed by atoms with E-state index in [1.165, 1.54) is 0 Å². The van der Waals surface area contributed by atoms with E-state index in [2.05, 4.69) is 40.1 Å². The Kier molecular flexibility index (Phi) is 15.1. The Morgan fingerprint density at radius 1 is 0.600 bits per heavy atom. The molecule has 0 N–H and O–H groups in total. The van der Waals surface area contributed by atoms with E-state index in [-0.39, 0.29) is 25.8 Å². The number of nitrogens with zero attached hydrogens (tertiary/aromatic N) is 12. The van der Waals surface area contributed by atoms with E-state index in [0.717, 1.165) is 27.7 Å². The molecule has 0 radical (unpaired) electrons. The second kappa shape index (κ2) is 19.2. The SMILES string of the molecule is CC(=O)O[C@@H]1[C@@H](OC(C)=O)[C@@H](O[C@H]2C[C@@H](OC(C)=O)[C@@H](O[C@H]3CC[C@H](N=[N+]=[N-])C[C@@H]3N=[N+]=[N-])O[C@@H]2CN=[N+]=[N-])O[C@H](CN=[N+]=[N-])[C@H]1OC(C)=O. The van der Waals surface area contributed by atoms with Gasteiger partial charge in [-0.1, -0.05) is 20.5 Å². The van der Waals surface area contributed by atoms with Crippen LogP contribution in [-0.2, 0) is 57.1 Å². The molecule has 3 rings (SSSR count). The van der Waals surface area contributed by atoms with Gasteiger partial charge in [0.05, 0.1) is 37.4 Å². The molecular formula is C26H36N12O12. The average molecular weight is 709 g/mol. The second-order valence-electron chi connectivity index (χ2n) is 11.3. The van der Waals surface area contributed by atoms with Gasteiger partial charge in [0.2, 0.25) is 0 Å². The number of carbonyl (C=O) groups is 4. The van der Waals surface area contributed by atoms with Crippen molar-refractivity contribution >= 4 is 23.9 Å². The Bertz CT molecular complexity index is 1440. The molecule has 24 heteroatoms. The quantitative estimate of drug-likeness (QED) is 0.0822. The van der Waals surface area contributed by atoms with E-state index in [4.69, 9.17) is 60.0 Å². The molecule has 1 saturated carbocycles. The molecule has 12 atom stereocenters. The first kappa shape index (κ1) is 39.4. The van der Waals surface area contributed by atoms with Crippen LogP contribution in [0.25, 0.3) is 41.8 Å². The van der Waals surface area contributed by atoms with Gasteiger partial charge in [-0.15, -0.1) is 0 Å². The summed E-state index contributed by atoms with van der Waals surface area (Å²) in [5.41, 5.74) is 36.1. The minimum atomic E-state index is -1.61. The smallest absolute Gasteiger partial charge is 0.303 e. The Morgan fingerprint density at radius 3 is 1.72 bits per heavy atom. The van der Waals surface area contributed by atoms with E-state index in [9.17, 15) is 19.2 Å². The van der Waals surface area contributed by atoms with Gasteiger partial charge in [-0.3, -0.25) is 19.2 Å². The molecule has 0 unspecified atom stereocenters. The molecule has 1 aliphatic carbocycles. The molecule has 3 aliphatic rings. The highest BCUT2D eigenvalue weighted by Gasteiger charge is 2.54. The lowest BCUT2D eigenvalue weighted by atomic mass is 9.89. The van der Waals surface area contributed by atoms with Crippen LogP contribution in [0.3, 0.4) is 0 Å². The van der Waals surface area contributed by atoms with Crippen LogP contribution >= 0.6 is 0 Å². The Balaban J connectivity index is 1.98. The van der Waals surface area contributed by atoms with Crippen LogP contribution in [-0.4, -0.2) is 110 Å². The zero-order chi connectivity index (χ0) is 36.8. The Labute approximate surface area is 283 Å². The molecule has 24 nitrogen and oxygen atoms in total. The van der Waals surface area contributed by atoms with Gasteiger partial charge in [0.25, 0.3) is 0 Å². The molecule has 0 amide bonds. The topological polar surface area (TPSA) is 337 Å². The fourth-order valence-corrected chi connectivity index (χ4v) is 5.89. The van der Waals surface area contributed by atoms with Gasteiger partial charge in [-0.2, -0.15) is 0 Å². The van der Waals surface area contributed by atoms with Crippen molar-refractivity contribution in [3.8, 4) is 0 Å². The van der Waals surface area contributed by atoms with E-state index in [0.29, 0.717) is 6.42 Å². The third kappa shape index (κ3) is 11.3. The molecule has 0 aromatic rings. The number of ether oxygens (including phenoxy) is 8. The van der Waals surface area contributed by atoms with Crippen molar-refractivity contribution < 1.29 is 57.1 Å². The van der Waals surface area contributed by atoms with Gasteiger partial charge in [0, 0.05) is 59.8 Å². The number of carbonyl (C=O) groups excluding carboxylic acids is 4. The molecule has 0 bridgehead atoms. The predicted octanol–water partition coefficient (Wildman–Crippen LogP) is 3.49. The average Bonchev–Trinajstić information content (AvgIpc) is 3.04. The molecule has 2 aliphatic heterocycles.